The molecule has 1 N–H and O–H groups in total. The van der Waals surface area contributed by atoms with E-state index < -0.39 is 10.0 Å². The first-order valence-electron chi connectivity index (χ1n) is 8.34. The van der Waals surface area contributed by atoms with Crippen LogP contribution in [0, 0.1) is 0 Å². The molecule has 1 aromatic heterocycles. The first-order valence-corrected chi connectivity index (χ1v) is 11.5. The highest BCUT2D eigenvalue weighted by molar-refractivity contribution is 7.93. The van der Waals surface area contributed by atoms with Gasteiger partial charge in [0.05, 0.1) is 10.7 Å². The van der Waals surface area contributed by atoms with E-state index in [1.54, 1.807) is 0 Å². The zero-order valence-electron chi connectivity index (χ0n) is 14.7. The van der Waals surface area contributed by atoms with Crippen molar-refractivity contribution in [2.45, 2.75) is 31.1 Å². The lowest BCUT2D eigenvalue weighted by molar-refractivity contribution is 0.601. The molecule has 1 atom stereocenters. The molecule has 0 radical (unpaired) electrons. The lowest BCUT2D eigenvalue weighted by Gasteiger charge is -2.09. The Bertz CT molecular complexity index is 1050. The van der Waals surface area contributed by atoms with E-state index in [2.05, 4.69) is 35.7 Å². The molecule has 0 fully saturated rings. The van der Waals surface area contributed by atoms with Crippen molar-refractivity contribution >= 4 is 49.7 Å². The van der Waals surface area contributed by atoms with Crippen LogP contribution in [0.5, 0.6) is 0 Å². The normalized spacial score (nSPS) is 12.7. The van der Waals surface area contributed by atoms with Gasteiger partial charge in [0.2, 0.25) is 0 Å². The SMILES string of the molecule is CCC(C)c1ccc(-c2csc(NS(=O)(=O)c3cc(Cl)ccc3Cl)n2)cc1. The summed E-state index contributed by atoms with van der Waals surface area (Å²) in [6.45, 7) is 4.34. The van der Waals surface area contributed by atoms with Gasteiger partial charge in [0.25, 0.3) is 10.0 Å². The minimum atomic E-state index is -3.88. The van der Waals surface area contributed by atoms with Crippen molar-refractivity contribution in [3.8, 4) is 11.3 Å². The average molecular weight is 441 g/mol. The van der Waals surface area contributed by atoms with E-state index >= 15 is 0 Å². The summed E-state index contributed by atoms with van der Waals surface area (Å²) < 4.78 is 27.6. The number of anilines is 1. The fourth-order valence-corrected chi connectivity index (χ4v) is 5.26. The monoisotopic (exact) mass is 440 g/mol. The molecule has 1 heterocycles. The number of hydrogen-bond donors (Lipinski definition) is 1. The number of aromatic nitrogens is 1. The van der Waals surface area contributed by atoms with E-state index in [4.69, 9.17) is 23.2 Å². The lowest BCUT2D eigenvalue weighted by Crippen LogP contribution is -2.13. The quantitative estimate of drug-likeness (QED) is 0.480. The molecule has 0 saturated heterocycles. The van der Waals surface area contributed by atoms with E-state index in [1.165, 1.54) is 35.1 Å². The second-order valence-corrected chi connectivity index (χ2v) is 9.50. The fourth-order valence-electron chi connectivity index (χ4n) is 2.52. The Kier molecular flexibility index (Phi) is 6.11. The molecule has 0 aliphatic rings. The highest BCUT2D eigenvalue weighted by atomic mass is 35.5. The smallest absolute Gasteiger partial charge is 0.255 e. The zero-order chi connectivity index (χ0) is 19.6. The van der Waals surface area contributed by atoms with Crippen LogP contribution in [-0.2, 0) is 10.0 Å². The summed E-state index contributed by atoms with van der Waals surface area (Å²) >= 11 is 13.1. The van der Waals surface area contributed by atoms with Crippen molar-refractivity contribution in [1.82, 2.24) is 4.98 Å². The number of halogens is 2. The third-order valence-corrected chi connectivity index (χ3v) is 7.24. The molecule has 27 heavy (non-hydrogen) atoms. The van der Waals surface area contributed by atoms with E-state index in [-0.39, 0.29) is 15.0 Å². The van der Waals surface area contributed by atoms with Gasteiger partial charge in [-0.25, -0.2) is 13.4 Å². The largest absolute Gasteiger partial charge is 0.265 e. The van der Waals surface area contributed by atoms with Crippen LogP contribution in [-0.4, -0.2) is 13.4 Å². The van der Waals surface area contributed by atoms with Crippen molar-refractivity contribution in [3.63, 3.8) is 0 Å². The summed E-state index contributed by atoms with van der Waals surface area (Å²) in [5, 5.41) is 2.48. The Hall–Kier alpha value is -1.60. The minimum absolute atomic E-state index is 0.0775. The van der Waals surface area contributed by atoms with Crippen LogP contribution in [0.2, 0.25) is 10.0 Å². The second kappa shape index (κ2) is 8.19. The molecular formula is C19H18Cl2N2O2S2. The van der Waals surface area contributed by atoms with Crippen LogP contribution < -0.4 is 4.72 Å². The van der Waals surface area contributed by atoms with Crippen LogP contribution in [0.4, 0.5) is 5.13 Å². The number of thiazole rings is 1. The molecule has 0 aliphatic heterocycles. The second-order valence-electron chi connectivity index (χ2n) is 6.15. The Morgan fingerprint density at radius 3 is 2.52 bits per heavy atom. The Labute approximate surface area is 173 Å². The van der Waals surface area contributed by atoms with Gasteiger partial charge in [0, 0.05) is 16.0 Å². The lowest BCUT2D eigenvalue weighted by atomic mass is 9.97. The summed E-state index contributed by atoms with van der Waals surface area (Å²) in [5.74, 6) is 0.499. The molecular weight excluding hydrogens is 423 g/mol. The van der Waals surface area contributed by atoms with Crippen molar-refractivity contribution < 1.29 is 8.42 Å². The highest BCUT2D eigenvalue weighted by Crippen LogP contribution is 2.30. The number of nitrogens with zero attached hydrogens (tertiary/aromatic N) is 1. The van der Waals surface area contributed by atoms with Crippen molar-refractivity contribution in [2.75, 3.05) is 4.72 Å². The van der Waals surface area contributed by atoms with E-state index in [1.807, 2.05) is 17.5 Å². The molecule has 2 aromatic carbocycles. The van der Waals surface area contributed by atoms with E-state index in [0.717, 1.165) is 12.0 Å². The summed E-state index contributed by atoms with van der Waals surface area (Å²) in [6.07, 6.45) is 1.08. The summed E-state index contributed by atoms with van der Waals surface area (Å²) in [6, 6.07) is 12.5. The topological polar surface area (TPSA) is 59.1 Å². The molecule has 0 saturated carbocycles. The Balaban J connectivity index is 1.82. The van der Waals surface area contributed by atoms with Crippen LogP contribution in [0.25, 0.3) is 11.3 Å². The molecule has 3 rings (SSSR count). The molecule has 0 aliphatic carbocycles. The molecule has 0 bridgehead atoms. The molecule has 3 aromatic rings. The molecule has 1 unspecified atom stereocenters. The molecule has 8 heteroatoms. The third kappa shape index (κ3) is 4.63. The maximum Gasteiger partial charge on any atom is 0.265 e. The van der Waals surface area contributed by atoms with Crippen molar-refractivity contribution in [2.24, 2.45) is 0 Å². The maximum atomic E-state index is 12.6. The van der Waals surface area contributed by atoms with Gasteiger partial charge < -0.3 is 0 Å². The molecule has 142 valence electrons. The predicted molar refractivity (Wildman–Crippen MR) is 114 cm³/mol. The number of rotatable bonds is 6. The predicted octanol–water partition coefficient (Wildman–Crippen LogP) is 6.43. The number of benzene rings is 2. The number of nitrogens with one attached hydrogen (secondary N) is 1. The minimum Gasteiger partial charge on any atom is -0.255 e. The molecule has 0 amide bonds. The maximum absolute atomic E-state index is 12.6. The number of hydrogen-bond acceptors (Lipinski definition) is 4. The Morgan fingerprint density at radius 1 is 1.15 bits per heavy atom. The zero-order valence-corrected chi connectivity index (χ0v) is 17.9. The fraction of sp³-hybridized carbons (Fsp3) is 0.211. The van der Waals surface area contributed by atoms with Gasteiger partial charge in [0.15, 0.2) is 5.13 Å². The van der Waals surface area contributed by atoms with Gasteiger partial charge in [-0.15, -0.1) is 11.3 Å². The standard InChI is InChI=1S/C19H18Cl2N2O2S2/c1-3-12(2)13-4-6-14(7-5-13)17-11-26-19(22-17)23-27(24,25)18-10-15(20)8-9-16(18)21/h4-12H,3H2,1-2H3,(H,22,23). The van der Waals surface area contributed by atoms with Gasteiger partial charge in [-0.1, -0.05) is 61.3 Å². The van der Waals surface area contributed by atoms with E-state index in [9.17, 15) is 8.42 Å². The van der Waals surface area contributed by atoms with Gasteiger partial charge in [-0.3, -0.25) is 4.72 Å². The van der Waals surface area contributed by atoms with E-state index in [0.29, 0.717) is 16.6 Å². The number of sulfonamides is 1. The third-order valence-electron chi connectivity index (χ3n) is 4.30. The van der Waals surface area contributed by atoms with Crippen molar-refractivity contribution in [1.29, 1.82) is 0 Å². The summed E-state index contributed by atoms with van der Waals surface area (Å²) in [5.41, 5.74) is 2.92. The highest BCUT2D eigenvalue weighted by Gasteiger charge is 2.20. The molecule has 0 spiro atoms. The van der Waals surface area contributed by atoms with Gasteiger partial charge in [-0.05, 0) is 36.1 Å². The average Bonchev–Trinajstić information content (AvgIpc) is 3.10. The van der Waals surface area contributed by atoms with Crippen LogP contribution in [0.3, 0.4) is 0 Å². The molecule has 4 nitrogen and oxygen atoms in total. The van der Waals surface area contributed by atoms with Crippen LogP contribution >= 0.6 is 34.5 Å². The first kappa shape index (κ1) is 20.1. The van der Waals surface area contributed by atoms with Crippen LogP contribution in [0.15, 0.2) is 52.7 Å². The van der Waals surface area contributed by atoms with Crippen molar-refractivity contribution in [3.05, 3.63) is 63.5 Å². The summed E-state index contributed by atoms with van der Waals surface area (Å²) in [4.78, 5) is 4.31. The van der Waals surface area contributed by atoms with Gasteiger partial charge in [0.1, 0.15) is 4.90 Å². The van der Waals surface area contributed by atoms with Gasteiger partial charge >= 0.3 is 0 Å². The first-order chi connectivity index (χ1) is 12.8. The van der Waals surface area contributed by atoms with Gasteiger partial charge in [-0.2, -0.15) is 0 Å². The Morgan fingerprint density at radius 2 is 1.85 bits per heavy atom. The van der Waals surface area contributed by atoms with Crippen LogP contribution in [0.1, 0.15) is 31.7 Å². The summed E-state index contributed by atoms with van der Waals surface area (Å²) in [7, 11) is -3.88.